The summed E-state index contributed by atoms with van der Waals surface area (Å²) in [5, 5.41) is 10.2. The summed E-state index contributed by atoms with van der Waals surface area (Å²) < 4.78 is 5.06. The van der Waals surface area contributed by atoms with Gasteiger partial charge >= 0.3 is 5.97 Å². The highest BCUT2D eigenvalue weighted by atomic mass is 32.2. The van der Waals surface area contributed by atoms with Gasteiger partial charge < -0.3 is 15.2 Å². The Balaban J connectivity index is 1.64. The molecule has 3 rings (SSSR count). The zero-order valence-electron chi connectivity index (χ0n) is 14.7. The molecule has 2 aromatic rings. The lowest BCUT2D eigenvalue weighted by Gasteiger charge is -2.14. The molecule has 0 aliphatic carbocycles. The van der Waals surface area contributed by atoms with Gasteiger partial charge in [0, 0.05) is 12.1 Å². The van der Waals surface area contributed by atoms with Crippen molar-refractivity contribution in [2.45, 2.75) is 11.7 Å². The van der Waals surface area contributed by atoms with Crippen LogP contribution in [0.2, 0.25) is 0 Å². The first-order chi connectivity index (χ1) is 13.4. The molecule has 1 heterocycles. The molecule has 144 valence electrons. The number of imide groups is 1. The molecule has 0 saturated carbocycles. The van der Waals surface area contributed by atoms with E-state index in [0.29, 0.717) is 17.1 Å². The third-order valence-electron chi connectivity index (χ3n) is 4.04. The maximum Gasteiger partial charge on any atom is 0.335 e. The van der Waals surface area contributed by atoms with Gasteiger partial charge in [-0.15, -0.1) is 0 Å². The lowest BCUT2D eigenvalue weighted by atomic mass is 10.2. The van der Waals surface area contributed by atoms with Crippen LogP contribution in [-0.2, 0) is 9.59 Å². The zero-order valence-corrected chi connectivity index (χ0v) is 15.6. The van der Waals surface area contributed by atoms with Crippen LogP contribution in [0.3, 0.4) is 0 Å². The first kappa shape index (κ1) is 19.4. The largest absolute Gasteiger partial charge is 0.497 e. The average Bonchev–Trinajstić information content (AvgIpc) is 2.95. The minimum absolute atomic E-state index is 0.0975. The molecular formula is C19H16N2O6S. The van der Waals surface area contributed by atoms with Crippen molar-refractivity contribution in [3.8, 4) is 5.75 Å². The van der Waals surface area contributed by atoms with Gasteiger partial charge in [0.25, 0.3) is 5.24 Å². The van der Waals surface area contributed by atoms with Gasteiger partial charge in [-0.05, 0) is 60.3 Å². The van der Waals surface area contributed by atoms with E-state index in [-0.39, 0.29) is 12.0 Å². The number of nitrogens with zero attached hydrogens (tertiary/aromatic N) is 1. The number of carboxylic acids is 1. The maximum absolute atomic E-state index is 12.6. The van der Waals surface area contributed by atoms with E-state index in [1.54, 1.807) is 24.3 Å². The normalized spacial score (nSPS) is 16.2. The Morgan fingerprint density at radius 1 is 1.11 bits per heavy atom. The van der Waals surface area contributed by atoms with Crippen LogP contribution in [-0.4, -0.2) is 40.5 Å². The maximum atomic E-state index is 12.6. The fourth-order valence-corrected chi connectivity index (χ4v) is 3.61. The summed E-state index contributed by atoms with van der Waals surface area (Å²) >= 11 is 0.799. The van der Waals surface area contributed by atoms with E-state index >= 15 is 0 Å². The number of carbonyl (C=O) groups excluding carboxylic acids is 3. The molecule has 3 amide bonds. The van der Waals surface area contributed by atoms with E-state index in [9.17, 15) is 19.2 Å². The average molecular weight is 400 g/mol. The number of carbonyl (C=O) groups is 4. The van der Waals surface area contributed by atoms with Crippen molar-refractivity contribution in [1.82, 2.24) is 0 Å². The number of aromatic carboxylic acids is 1. The summed E-state index contributed by atoms with van der Waals surface area (Å²) in [4.78, 5) is 48.9. The molecule has 0 radical (unpaired) electrons. The Labute approximate surface area is 164 Å². The van der Waals surface area contributed by atoms with Crippen molar-refractivity contribution in [3.63, 3.8) is 0 Å². The monoisotopic (exact) mass is 400 g/mol. The van der Waals surface area contributed by atoms with Crippen molar-refractivity contribution in [1.29, 1.82) is 0 Å². The molecule has 1 aliphatic heterocycles. The first-order valence-corrected chi connectivity index (χ1v) is 9.09. The second-order valence-corrected chi connectivity index (χ2v) is 7.03. The van der Waals surface area contributed by atoms with Gasteiger partial charge in [0.15, 0.2) is 0 Å². The van der Waals surface area contributed by atoms with E-state index in [1.165, 1.54) is 31.4 Å². The quantitative estimate of drug-likeness (QED) is 0.766. The highest BCUT2D eigenvalue weighted by molar-refractivity contribution is 8.15. The van der Waals surface area contributed by atoms with Gasteiger partial charge in [0.2, 0.25) is 11.8 Å². The molecular weight excluding hydrogens is 384 g/mol. The molecule has 2 N–H and O–H groups in total. The van der Waals surface area contributed by atoms with E-state index in [4.69, 9.17) is 9.84 Å². The minimum Gasteiger partial charge on any atom is -0.497 e. The smallest absolute Gasteiger partial charge is 0.335 e. The van der Waals surface area contributed by atoms with Crippen LogP contribution in [0.25, 0.3) is 0 Å². The summed E-state index contributed by atoms with van der Waals surface area (Å²) in [6.07, 6.45) is -0.178. The van der Waals surface area contributed by atoms with Gasteiger partial charge in [0.05, 0.1) is 18.4 Å². The van der Waals surface area contributed by atoms with Crippen LogP contribution in [0.1, 0.15) is 16.8 Å². The van der Waals surface area contributed by atoms with E-state index in [0.717, 1.165) is 16.7 Å². The van der Waals surface area contributed by atoms with E-state index < -0.39 is 28.3 Å². The molecule has 1 unspecified atom stereocenters. The lowest BCUT2D eigenvalue weighted by molar-refractivity contribution is -0.121. The number of anilines is 2. The number of nitrogens with one attached hydrogen (secondary N) is 1. The third kappa shape index (κ3) is 4.15. The second-order valence-electron chi connectivity index (χ2n) is 5.88. The second kappa shape index (κ2) is 8.13. The van der Waals surface area contributed by atoms with Crippen LogP contribution < -0.4 is 15.0 Å². The molecule has 8 nitrogen and oxygen atoms in total. The number of carboxylic acid groups (broad SMARTS) is 1. The van der Waals surface area contributed by atoms with Gasteiger partial charge in [-0.2, -0.15) is 0 Å². The Kier molecular flexibility index (Phi) is 5.65. The summed E-state index contributed by atoms with van der Waals surface area (Å²) in [5.74, 6) is -1.38. The van der Waals surface area contributed by atoms with Crippen LogP contribution >= 0.6 is 11.8 Å². The number of hydrogen-bond donors (Lipinski definition) is 2. The predicted octanol–water partition coefficient (Wildman–Crippen LogP) is 2.99. The van der Waals surface area contributed by atoms with Crippen molar-refractivity contribution in [3.05, 3.63) is 54.1 Å². The Bertz CT molecular complexity index is 926. The van der Waals surface area contributed by atoms with Gasteiger partial charge in [0.1, 0.15) is 11.0 Å². The van der Waals surface area contributed by atoms with Crippen LogP contribution in [0.15, 0.2) is 48.5 Å². The van der Waals surface area contributed by atoms with Gasteiger partial charge in [-0.3, -0.25) is 14.4 Å². The molecule has 28 heavy (non-hydrogen) atoms. The summed E-state index contributed by atoms with van der Waals surface area (Å²) in [7, 11) is 1.51. The van der Waals surface area contributed by atoms with Gasteiger partial charge in [-0.1, -0.05) is 0 Å². The fourth-order valence-electron chi connectivity index (χ4n) is 2.63. The number of amides is 3. The van der Waals surface area contributed by atoms with Crippen LogP contribution in [0.4, 0.5) is 16.2 Å². The number of methoxy groups -OCH3 is 1. The van der Waals surface area contributed by atoms with E-state index in [1.807, 2.05) is 0 Å². The predicted molar refractivity (Wildman–Crippen MR) is 104 cm³/mol. The topological polar surface area (TPSA) is 113 Å². The Hall–Kier alpha value is -3.33. The molecule has 0 bridgehead atoms. The molecule has 2 aromatic carbocycles. The molecule has 1 atom stereocenters. The summed E-state index contributed by atoms with van der Waals surface area (Å²) in [5.41, 5.74) is 0.916. The SMILES string of the molecule is COc1ccc(N2C(=O)SC(CC(=O)Nc3ccc(C(=O)O)cc3)C2=O)cc1. The molecule has 1 aliphatic rings. The number of rotatable bonds is 6. The van der Waals surface area contributed by atoms with Crippen molar-refractivity contribution in [2.24, 2.45) is 0 Å². The Morgan fingerprint density at radius 3 is 2.32 bits per heavy atom. The molecule has 0 spiro atoms. The Morgan fingerprint density at radius 2 is 1.75 bits per heavy atom. The summed E-state index contributed by atoms with van der Waals surface area (Å²) in [6, 6.07) is 12.1. The number of benzene rings is 2. The molecule has 9 heteroatoms. The van der Waals surface area contributed by atoms with Crippen molar-refractivity contribution in [2.75, 3.05) is 17.3 Å². The number of hydrogen-bond acceptors (Lipinski definition) is 6. The fraction of sp³-hybridized carbons (Fsp3) is 0.158. The zero-order chi connectivity index (χ0) is 20.3. The summed E-state index contributed by atoms with van der Waals surface area (Å²) in [6.45, 7) is 0. The third-order valence-corrected chi connectivity index (χ3v) is 5.08. The number of ether oxygens (including phenoxy) is 1. The van der Waals surface area contributed by atoms with Crippen LogP contribution in [0.5, 0.6) is 5.75 Å². The standard InChI is InChI=1S/C19H16N2O6S/c1-27-14-8-6-13(7-9-14)21-17(23)15(28-19(21)26)10-16(22)20-12-4-2-11(3-5-12)18(24)25/h2-9,15H,10H2,1H3,(H,20,22)(H,24,25). The molecule has 1 fully saturated rings. The molecule has 0 aromatic heterocycles. The highest BCUT2D eigenvalue weighted by Crippen LogP contribution is 2.34. The highest BCUT2D eigenvalue weighted by Gasteiger charge is 2.41. The van der Waals surface area contributed by atoms with Crippen LogP contribution in [0, 0.1) is 0 Å². The molecule has 1 saturated heterocycles. The van der Waals surface area contributed by atoms with Gasteiger partial charge in [-0.25, -0.2) is 9.69 Å². The lowest BCUT2D eigenvalue weighted by Crippen LogP contribution is -2.32. The van der Waals surface area contributed by atoms with E-state index in [2.05, 4.69) is 5.32 Å². The number of thioether (sulfide) groups is 1. The van der Waals surface area contributed by atoms with Crippen molar-refractivity contribution >= 4 is 46.2 Å². The minimum atomic E-state index is -1.07. The first-order valence-electron chi connectivity index (χ1n) is 8.21. The van der Waals surface area contributed by atoms with Crippen molar-refractivity contribution < 1.29 is 29.0 Å².